The second-order valence-electron chi connectivity index (χ2n) is 8.51. The van der Waals surface area contributed by atoms with Gasteiger partial charge in [-0.25, -0.2) is 13.2 Å². The summed E-state index contributed by atoms with van der Waals surface area (Å²) in [6, 6.07) is 6.05. The largest absolute Gasteiger partial charge is 0.465 e. The Morgan fingerprint density at radius 2 is 1.84 bits per heavy atom. The molecule has 1 aromatic rings. The molecule has 31 heavy (non-hydrogen) atoms. The van der Waals surface area contributed by atoms with E-state index < -0.39 is 16.0 Å². The SMILES string of the molecule is COC(=O)c1ccccc1S(=O)(=O)N1CCC(C(=O)NCCN2CCCC(C)C2)CC1. The van der Waals surface area contributed by atoms with Crippen LogP contribution in [-0.4, -0.2) is 75.9 Å². The number of esters is 1. The molecule has 2 fully saturated rings. The maximum absolute atomic E-state index is 13.1. The van der Waals surface area contributed by atoms with E-state index in [2.05, 4.69) is 17.1 Å². The molecule has 2 aliphatic heterocycles. The lowest BCUT2D eigenvalue weighted by molar-refractivity contribution is -0.126. The van der Waals surface area contributed by atoms with Crippen molar-refractivity contribution in [3.05, 3.63) is 29.8 Å². The second kappa shape index (κ2) is 10.6. The van der Waals surface area contributed by atoms with E-state index in [9.17, 15) is 18.0 Å². The molecule has 0 spiro atoms. The van der Waals surface area contributed by atoms with Gasteiger partial charge in [-0.1, -0.05) is 19.1 Å². The van der Waals surface area contributed by atoms with Gasteiger partial charge in [-0.2, -0.15) is 4.31 Å². The number of piperidine rings is 2. The van der Waals surface area contributed by atoms with Crippen molar-refractivity contribution in [2.45, 2.75) is 37.5 Å². The van der Waals surface area contributed by atoms with Crippen LogP contribution in [0.4, 0.5) is 0 Å². The number of rotatable bonds is 7. The third kappa shape index (κ3) is 5.84. The molecule has 1 atom stereocenters. The lowest BCUT2D eigenvalue weighted by atomic mass is 9.97. The van der Waals surface area contributed by atoms with Crippen LogP contribution in [0.15, 0.2) is 29.2 Å². The van der Waals surface area contributed by atoms with Crippen LogP contribution in [0, 0.1) is 11.8 Å². The fourth-order valence-electron chi connectivity index (χ4n) is 4.44. The van der Waals surface area contributed by atoms with Gasteiger partial charge in [-0.05, 0) is 50.3 Å². The highest BCUT2D eigenvalue weighted by atomic mass is 32.2. The fraction of sp³-hybridized carbons (Fsp3) is 0.636. The second-order valence-corrected chi connectivity index (χ2v) is 10.4. The Balaban J connectivity index is 1.52. The molecule has 9 heteroatoms. The van der Waals surface area contributed by atoms with Crippen LogP contribution in [-0.2, 0) is 19.6 Å². The summed E-state index contributed by atoms with van der Waals surface area (Å²) in [5.41, 5.74) is 0.0249. The Bertz CT molecular complexity index is 881. The average molecular weight is 452 g/mol. The highest BCUT2D eigenvalue weighted by Crippen LogP contribution is 2.26. The van der Waals surface area contributed by atoms with Gasteiger partial charge < -0.3 is 15.0 Å². The van der Waals surface area contributed by atoms with Gasteiger partial charge in [0.25, 0.3) is 0 Å². The maximum atomic E-state index is 13.1. The normalized spacial score (nSPS) is 21.5. The van der Waals surface area contributed by atoms with Crippen LogP contribution in [0.1, 0.15) is 43.0 Å². The summed E-state index contributed by atoms with van der Waals surface area (Å²) in [7, 11) is -2.62. The molecule has 0 bridgehead atoms. The molecule has 2 heterocycles. The quantitative estimate of drug-likeness (QED) is 0.634. The van der Waals surface area contributed by atoms with E-state index in [0.29, 0.717) is 25.3 Å². The molecule has 3 rings (SSSR count). The van der Waals surface area contributed by atoms with E-state index in [4.69, 9.17) is 4.74 Å². The first-order chi connectivity index (χ1) is 14.8. The number of nitrogens with zero attached hydrogens (tertiary/aromatic N) is 2. The van der Waals surface area contributed by atoms with Crippen LogP contribution < -0.4 is 5.32 Å². The first-order valence-corrected chi connectivity index (χ1v) is 12.4. The van der Waals surface area contributed by atoms with Crippen LogP contribution in [0.3, 0.4) is 0 Å². The minimum atomic E-state index is -3.84. The van der Waals surface area contributed by atoms with Gasteiger partial charge in [-0.15, -0.1) is 0 Å². The molecular weight excluding hydrogens is 418 g/mol. The Labute approximate surface area is 185 Å². The molecule has 2 saturated heterocycles. The number of benzene rings is 1. The van der Waals surface area contributed by atoms with Crippen molar-refractivity contribution in [3.8, 4) is 0 Å². The molecule has 2 aliphatic rings. The van der Waals surface area contributed by atoms with Crippen molar-refractivity contribution in [2.75, 3.05) is 46.4 Å². The number of sulfonamides is 1. The third-order valence-electron chi connectivity index (χ3n) is 6.20. The summed E-state index contributed by atoms with van der Waals surface area (Å²) in [6.07, 6.45) is 3.41. The zero-order chi connectivity index (χ0) is 22.4. The van der Waals surface area contributed by atoms with Crippen molar-refractivity contribution < 1.29 is 22.7 Å². The highest BCUT2D eigenvalue weighted by molar-refractivity contribution is 7.89. The number of amides is 1. The number of nitrogens with one attached hydrogen (secondary N) is 1. The van der Waals surface area contributed by atoms with Gasteiger partial charge in [0, 0.05) is 38.6 Å². The Morgan fingerprint density at radius 1 is 1.13 bits per heavy atom. The Morgan fingerprint density at radius 3 is 2.52 bits per heavy atom. The number of hydrogen-bond acceptors (Lipinski definition) is 6. The number of likely N-dealkylation sites (tertiary alicyclic amines) is 1. The fourth-order valence-corrected chi connectivity index (χ4v) is 6.09. The Kier molecular flexibility index (Phi) is 8.07. The molecule has 1 unspecified atom stereocenters. The van der Waals surface area contributed by atoms with Gasteiger partial charge in [0.2, 0.25) is 15.9 Å². The first-order valence-electron chi connectivity index (χ1n) is 11.0. The predicted molar refractivity (Wildman–Crippen MR) is 117 cm³/mol. The van der Waals surface area contributed by atoms with Gasteiger partial charge in [0.05, 0.1) is 17.6 Å². The number of carbonyl (C=O) groups is 2. The average Bonchev–Trinajstić information content (AvgIpc) is 2.78. The molecule has 1 aromatic carbocycles. The maximum Gasteiger partial charge on any atom is 0.339 e. The molecular formula is C22H33N3O5S. The topological polar surface area (TPSA) is 96.0 Å². The molecule has 0 radical (unpaired) electrons. The summed E-state index contributed by atoms with van der Waals surface area (Å²) >= 11 is 0. The zero-order valence-corrected chi connectivity index (χ0v) is 19.2. The van der Waals surface area contributed by atoms with Crippen LogP contribution in [0.25, 0.3) is 0 Å². The summed E-state index contributed by atoms with van der Waals surface area (Å²) in [6.45, 7) is 6.40. The van der Waals surface area contributed by atoms with Gasteiger partial charge in [0.15, 0.2) is 0 Å². The molecule has 1 amide bonds. The van der Waals surface area contributed by atoms with Crippen LogP contribution >= 0.6 is 0 Å². The van der Waals surface area contributed by atoms with Crippen molar-refractivity contribution in [1.29, 1.82) is 0 Å². The lowest BCUT2D eigenvalue weighted by Crippen LogP contribution is -2.45. The molecule has 0 saturated carbocycles. The summed E-state index contributed by atoms with van der Waals surface area (Å²) in [5, 5.41) is 3.02. The van der Waals surface area contributed by atoms with E-state index in [0.717, 1.165) is 19.6 Å². The van der Waals surface area contributed by atoms with Crippen LogP contribution in [0.2, 0.25) is 0 Å². The number of ether oxygens (including phenoxy) is 1. The number of hydrogen-bond donors (Lipinski definition) is 1. The van der Waals surface area contributed by atoms with Crippen molar-refractivity contribution >= 4 is 21.9 Å². The van der Waals surface area contributed by atoms with E-state index in [1.165, 1.54) is 36.4 Å². The molecule has 0 aliphatic carbocycles. The van der Waals surface area contributed by atoms with Crippen molar-refractivity contribution in [1.82, 2.24) is 14.5 Å². The zero-order valence-electron chi connectivity index (χ0n) is 18.4. The van der Waals surface area contributed by atoms with Crippen molar-refractivity contribution in [3.63, 3.8) is 0 Å². The van der Waals surface area contributed by atoms with Crippen LogP contribution in [0.5, 0.6) is 0 Å². The lowest BCUT2D eigenvalue weighted by Gasteiger charge is -2.32. The highest BCUT2D eigenvalue weighted by Gasteiger charge is 2.34. The summed E-state index contributed by atoms with van der Waals surface area (Å²) in [4.78, 5) is 26.9. The molecule has 0 aromatic heterocycles. The molecule has 1 N–H and O–H groups in total. The van der Waals surface area contributed by atoms with Gasteiger partial charge in [0.1, 0.15) is 0 Å². The minimum absolute atomic E-state index is 0.00272. The number of carbonyl (C=O) groups excluding carboxylic acids is 2. The molecule has 8 nitrogen and oxygen atoms in total. The van der Waals surface area contributed by atoms with E-state index in [-0.39, 0.29) is 35.4 Å². The summed E-state index contributed by atoms with van der Waals surface area (Å²) < 4.78 is 32.3. The van der Waals surface area contributed by atoms with E-state index in [1.54, 1.807) is 12.1 Å². The van der Waals surface area contributed by atoms with Gasteiger partial charge >= 0.3 is 5.97 Å². The first kappa shape index (κ1) is 23.7. The predicted octanol–water partition coefficient (Wildman–Crippen LogP) is 1.72. The van der Waals surface area contributed by atoms with Crippen molar-refractivity contribution in [2.24, 2.45) is 11.8 Å². The smallest absolute Gasteiger partial charge is 0.339 e. The van der Waals surface area contributed by atoms with E-state index >= 15 is 0 Å². The minimum Gasteiger partial charge on any atom is -0.465 e. The monoisotopic (exact) mass is 451 g/mol. The summed E-state index contributed by atoms with van der Waals surface area (Å²) in [5.74, 6) is -0.170. The third-order valence-corrected chi connectivity index (χ3v) is 8.16. The standard InChI is InChI=1S/C22H33N3O5S/c1-17-6-5-12-24(16-17)15-11-23-21(26)18-9-13-25(14-10-18)31(28,29)20-8-4-3-7-19(20)22(27)30-2/h3-4,7-8,17-18H,5-6,9-16H2,1-2H3,(H,23,26). The number of methoxy groups -OCH3 is 1. The Hall–Kier alpha value is -1.97. The van der Waals surface area contributed by atoms with E-state index in [1.807, 2.05) is 0 Å². The molecule has 172 valence electrons. The van der Waals surface area contributed by atoms with Gasteiger partial charge in [-0.3, -0.25) is 4.79 Å².